The van der Waals surface area contributed by atoms with Crippen LogP contribution in [0.15, 0.2) is 131 Å². The Kier molecular flexibility index (Phi) is 25.0. The molecular weight excluding hydrogens is 1240 g/mol. The van der Waals surface area contributed by atoms with Gasteiger partial charge in [-0.2, -0.15) is 0 Å². The summed E-state index contributed by atoms with van der Waals surface area (Å²) in [6, 6.07) is 30.4. The van der Waals surface area contributed by atoms with E-state index in [2.05, 4.69) is 37.3 Å². The van der Waals surface area contributed by atoms with Crippen molar-refractivity contribution in [3.8, 4) is 12.1 Å². The number of alkyl carbamates (subject to hydrolysis) is 1. The molecule has 0 bridgehead atoms. The molecule has 20 nitrogen and oxygen atoms in total. The van der Waals surface area contributed by atoms with Gasteiger partial charge in [-0.1, -0.05) is 99.5 Å². The molecule has 0 aliphatic carbocycles. The quantitative estimate of drug-likeness (QED) is 0.00997. The van der Waals surface area contributed by atoms with Crippen LogP contribution in [0.5, 0.6) is 0 Å². The van der Waals surface area contributed by atoms with Crippen LogP contribution in [0, 0.1) is 30.8 Å². The zero-order chi connectivity index (χ0) is 61.8. The van der Waals surface area contributed by atoms with Gasteiger partial charge < -0.3 is 54.5 Å². The van der Waals surface area contributed by atoms with E-state index < -0.39 is 67.5 Å². The fourth-order valence-electron chi connectivity index (χ4n) is 9.15. The summed E-state index contributed by atoms with van der Waals surface area (Å²) in [5.41, 5.74) is 11.7. The van der Waals surface area contributed by atoms with E-state index in [9.17, 15) is 38.1 Å². The molecule has 1 heterocycles. The summed E-state index contributed by atoms with van der Waals surface area (Å²) in [4.78, 5) is 96.4. The molecule has 6 aromatic rings. The molecule has 0 aliphatic rings. The second-order valence-corrected chi connectivity index (χ2v) is 23.8. The number of halogens is 2. The second kappa shape index (κ2) is 32.0. The third kappa shape index (κ3) is 19.7. The highest BCUT2D eigenvalue weighted by Crippen LogP contribution is 2.46. The van der Waals surface area contributed by atoms with Gasteiger partial charge in [0.05, 0.1) is 24.1 Å². The van der Waals surface area contributed by atoms with Crippen molar-refractivity contribution >= 4 is 100 Å². The van der Waals surface area contributed by atoms with Crippen LogP contribution in [-0.4, -0.2) is 85.1 Å². The number of ether oxygens (including phenoxy) is 1. The van der Waals surface area contributed by atoms with Gasteiger partial charge in [-0.15, -0.1) is 6.42 Å². The van der Waals surface area contributed by atoms with E-state index in [0.717, 1.165) is 11.1 Å². The van der Waals surface area contributed by atoms with E-state index in [1.807, 2.05) is 63.2 Å². The fourth-order valence-corrected chi connectivity index (χ4v) is 11.1. The van der Waals surface area contributed by atoms with Crippen molar-refractivity contribution in [1.29, 1.82) is 0 Å². The number of benzene rings is 5. The molecule has 0 saturated heterocycles. The Labute approximate surface area is 513 Å². The minimum atomic E-state index is -3.76. The molecule has 7 amide bonds. The largest absolute Gasteiger partial charge is 0.458 e. The summed E-state index contributed by atoms with van der Waals surface area (Å²) in [6.07, 6.45) is 5.12. The van der Waals surface area contributed by atoms with Crippen LogP contribution in [0.4, 0.5) is 21.0 Å². The summed E-state index contributed by atoms with van der Waals surface area (Å²) < 4.78 is 35.8. The average molecular weight is 1310 g/mol. The van der Waals surface area contributed by atoms with Crippen LogP contribution in [0.25, 0.3) is 11.0 Å². The molecule has 8 N–H and O–H groups in total. The maximum absolute atomic E-state index is 14.6. The molecule has 0 radical (unpaired) electrons. The normalized spacial score (nSPS) is 13.3. The van der Waals surface area contributed by atoms with Crippen LogP contribution in [0.3, 0.4) is 0 Å². The number of anilines is 2. The Balaban J connectivity index is 1.07. The monoisotopic (exact) mass is 1310 g/mol. The van der Waals surface area contributed by atoms with Crippen LogP contribution in [-0.2, 0) is 39.5 Å². The van der Waals surface area contributed by atoms with Crippen LogP contribution >= 0.6 is 42.1 Å². The number of carbonyl (C=O) groups is 6. The first-order valence-corrected chi connectivity index (χ1v) is 30.5. The summed E-state index contributed by atoms with van der Waals surface area (Å²) in [7, 11) is -3.76. The molecular formula is C62H71ClIN8O12P. The lowest BCUT2D eigenvalue weighted by atomic mass is 9.91. The summed E-state index contributed by atoms with van der Waals surface area (Å²) >= 11 is 8.10. The Hall–Kier alpha value is -7.74. The number of carbonyl (C=O) groups excluding carboxylic acids is 6. The van der Waals surface area contributed by atoms with Crippen molar-refractivity contribution in [2.24, 2.45) is 17.6 Å². The fraction of sp³-hybridized carbons (Fsp3) is 0.339. The third-order valence-corrected chi connectivity index (χ3v) is 15.6. The molecule has 450 valence electrons. The van der Waals surface area contributed by atoms with Gasteiger partial charge in [0.2, 0.25) is 11.8 Å². The van der Waals surface area contributed by atoms with E-state index in [4.69, 9.17) is 40.5 Å². The molecule has 2 unspecified atom stereocenters. The predicted molar refractivity (Wildman–Crippen MR) is 336 cm³/mol. The van der Waals surface area contributed by atoms with E-state index in [-0.39, 0.29) is 74.9 Å². The summed E-state index contributed by atoms with van der Waals surface area (Å²) in [6.45, 7) is 11.4. The predicted octanol–water partition coefficient (Wildman–Crippen LogP) is 10.8. The topological polar surface area (TPSA) is 279 Å². The SMILES string of the molecule is C#CP(=O)(Nc1ccc(C(=O)N[C@H](C(=O)N[C@@H](CCCNC(N)=O)C(=O)Nc2ccc(COC(=O)NCCCN(C(=O)c3ccc(C)cc3)[C@@H](c3oc4cc(Cl)ccc4c(=O)c3Cc3ccccc3)C(C)C)cc2)C(C)C)cc1)OC(C)COI. The van der Waals surface area contributed by atoms with Crippen LogP contribution in [0.2, 0.25) is 5.02 Å². The number of nitrogens with one attached hydrogen (secondary N) is 6. The van der Waals surface area contributed by atoms with Gasteiger partial charge in [0.1, 0.15) is 53.0 Å². The van der Waals surface area contributed by atoms with E-state index in [1.54, 1.807) is 103 Å². The smallest absolute Gasteiger partial charge is 0.407 e. The molecule has 5 atom stereocenters. The first kappa shape index (κ1) is 66.4. The van der Waals surface area contributed by atoms with Crippen molar-refractivity contribution < 1.29 is 50.1 Å². The van der Waals surface area contributed by atoms with E-state index >= 15 is 0 Å². The molecule has 5 aromatic carbocycles. The summed E-state index contributed by atoms with van der Waals surface area (Å²) in [5.74, 6) is -2.44. The number of fused-ring (bicyclic) bond motifs is 1. The second-order valence-electron chi connectivity index (χ2n) is 20.9. The Morgan fingerprint density at radius 3 is 2.08 bits per heavy atom. The first-order valence-electron chi connectivity index (χ1n) is 27.6. The first-order chi connectivity index (χ1) is 40.6. The third-order valence-electron chi connectivity index (χ3n) is 13.5. The minimum absolute atomic E-state index is 0.0779. The van der Waals surface area contributed by atoms with Gasteiger partial charge in [-0.05, 0) is 117 Å². The molecule has 6 rings (SSSR count). The zero-order valence-corrected chi connectivity index (χ0v) is 51.9. The number of hydrogen-bond donors (Lipinski definition) is 7. The van der Waals surface area contributed by atoms with Gasteiger partial charge in [0, 0.05) is 70.9 Å². The van der Waals surface area contributed by atoms with Crippen LogP contribution < -0.4 is 42.8 Å². The molecule has 1 aromatic heterocycles. The maximum Gasteiger partial charge on any atom is 0.407 e. The number of urea groups is 1. The Morgan fingerprint density at radius 1 is 0.788 bits per heavy atom. The highest BCUT2D eigenvalue weighted by molar-refractivity contribution is 14.1. The highest BCUT2D eigenvalue weighted by atomic mass is 127. The molecule has 0 fully saturated rings. The number of terminal acetylenes is 1. The zero-order valence-electron chi connectivity index (χ0n) is 48.1. The van der Waals surface area contributed by atoms with E-state index in [1.165, 1.54) is 24.3 Å². The number of nitrogens with two attached hydrogens (primary N) is 1. The number of nitrogens with zero attached hydrogens (tertiary/aromatic N) is 1. The maximum atomic E-state index is 14.6. The van der Waals surface area contributed by atoms with Crippen molar-refractivity contribution in [2.45, 2.75) is 98.1 Å². The number of amides is 7. The molecule has 85 heavy (non-hydrogen) atoms. The van der Waals surface area contributed by atoms with Gasteiger partial charge in [0.15, 0.2) is 5.43 Å². The number of primary amides is 1. The standard InChI is InChI=1S/C62H71ClIN8O12P/c1-8-85(80,84-41(7)36-82-64)71-48-28-23-44(24-29-48)57(74)70-53(38(2)3)59(76)69-51(16-12-31-66-61(65)78)58(75)68-47-26-19-43(20-27-47)37-81-62(79)67-32-13-33-72(60(77)45-21-17-40(6)18-22-45)54(39(4)5)56-50(34-42-14-10-9-11-15-42)55(73)49-30-25-46(63)35-52(49)83-56/h1,9-11,14-15,17-30,35,38-39,41,51,53-54H,12-13,16,31-34,36-37H2,2-7H3,(H,67,79)(H,68,75)(H,69,76)(H,70,74)(H,71,80)(H3,65,66,78)/t41?,51-,53-,54+,85?/m0/s1. The average Bonchev–Trinajstić information content (AvgIpc) is 3.66. The number of aryl methyl sites for hydroxylation is 1. The van der Waals surface area contributed by atoms with Crippen LogP contribution in [0.1, 0.15) is 109 Å². The van der Waals surface area contributed by atoms with Gasteiger partial charge in [0.25, 0.3) is 11.8 Å². The Bertz CT molecular complexity index is 3440. The molecule has 0 aliphatic heterocycles. The van der Waals surface area contributed by atoms with Crippen molar-refractivity contribution in [3.05, 3.63) is 176 Å². The van der Waals surface area contributed by atoms with Crippen molar-refractivity contribution in [3.63, 3.8) is 0 Å². The number of hydrogen-bond acceptors (Lipinski definition) is 12. The lowest BCUT2D eigenvalue weighted by Gasteiger charge is -2.35. The highest BCUT2D eigenvalue weighted by Gasteiger charge is 2.35. The van der Waals surface area contributed by atoms with Gasteiger partial charge in [-0.25, -0.2) is 9.59 Å². The Morgan fingerprint density at radius 2 is 1.45 bits per heavy atom. The molecule has 0 saturated carbocycles. The molecule has 23 heteroatoms. The number of rotatable bonds is 29. The minimum Gasteiger partial charge on any atom is -0.458 e. The summed E-state index contributed by atoms with van der Waals surface area (Å²) in [5, 5.41) is 17.0. The van der Waals surface area contributed by atoms with Crippen molar-refractivity contribution in [2.75, 3.05) is 36.6 Å². The van der Waals surface area contributed by atoms with Crippen molar-refractivity contribution in [1.82, 2.24) is 26.2 Å². The van der Waals surface area contributed by atoms with Gasteiger partial charge in [-0.3, -0.25) is 33.1 Å². The lowest BCUT2D eigenvalue weighted by molar-refractivity contribution is -0.128. The van der Waals surface area contributed by atoms with E-state index in [0.29, 0.717) is 56.2 Å². The lowest BCUT2D eigenvalue weighted by Crippen LogP contribution is -2.54. The molecule has 0 spiro atoms. The van der Waals surface area contributed by atoms with Gasteiger partial charge >= 0.3 is 19.6 Å².